The molecule has 0 aromatic heterocycles. The van der Waals surface area contributed by atoms with Crippen molar-refractivity contribution in [3.05, 3.63) is 0 Å². The average Bonchev–Trinajstić information content (AvgIpc) is 1.90. The maximum atomic E-state index is 5.92. The summed E-state index contributed by atoms with van der Waals surface area (Å²) in [5.41, 5.74) is 0. The fraction of sp³-hybridized carbons (Fsp3) is 1.00. The van der Waals surface area contributed by atoms with Crippen molar-refractivity contribution in [1.82, 2.24) is 5.32 Å². The lowest BCUT2D eigenvalue weighted by molar-refractivity contribution is 0.373. The lowest BCUT2D eigenvalue weighted by Gasteiger charge is -2.24. The summed E-state index contributed by atoms with van der Waals surface area (Å²) in [7, 11) is 0. The van der Waals surface area contributed by atoms with Gasteiger partial charge in [-0.1, -0.05) is 0 Å². The Hall–Kier alpha value is 0.540. The molecule has 2 unspecified atom stereocenters. The molecule has 2 atom stereocenters. The first-order chi connectivity index (χ1) is 4.30. The van der Waals surface area contributed by atoms with Crippen LogP contribution in [0, 0.1) is 5.92 Å². The van der Waals surface area contributed by atoms with Gasteiger partial charge in [-0.25, -0.2) is 0 Å². The minimum absolute atomic E-state index is 0. The minimum atomic E-state index is 0. The van der Waals surface area contributed by atoms with E-state index >= 15 is 0 Å². The number of alkyl halides is 1. The Labute approximate surface area is 73.9 Å². The van der Waals surface area contributed by atoms with Gasteiger partial charge in [-0.15, -0.1) is 24.0 Å². The van der Waals surface area contributed by atoms with E-state index < -0.39 is 0 Å². The fourth-order valence-electron chi connectivity index (χ4n) is 1.27. The fourth-order valence-corrected chi connectivity index (χ4v) is 1.49. The molecule has 0 aliphatic carbocycles. The van der Waals surface area contributed by atoms with Crippen molar-refractivity contribution >= 4 is 24.0 Å². The highest BCUT2D eigenvalue weighted by Gasteiger charge is 2.16. The van der Waals surface area contributed by atoms with Crippen LogP contribution in [0.4, 0.5) is 0 Å². The van der Waals surface area contributed by atoms with Crippen molar-refractivity contribution in [1.29, 1.82) is 0 Å². The van der Waals surface area contributed by atoms with E-state index in [1.54, 1.807) is 0 Å². The number of hydrogen-bond donors (Lipinski definition) is 1. The molecule has 3 heteroatoms. The summed E-state index contributed by atoms with van der Waals surface area (Å²) in [6.45, 7) is 4.38. The predicted octanol–water partition coefficient (Wildman–Crippen LogP) is 2.04. The van der Waals surface area contributed by atoms with Gasteiger partial charge in [0.1, 0.15) is 0 Å². The van der Waals surface area contributed by atoms with Crippen molar-refractivity contribution in [2.75, 3.05) is 13.1 Å². The zero-order valence-corrected chi connectivity index (χ0v) is 7.84. The minimum Gasteiger partial charge on any atom is -0.316 e. The molecule has 1 aliphatic rings. The van der Waals surface area contributed by atoms with Gasteiger partial charge in [0.2, 0.25) is 0 Å². The molecule has 1 N–H and O–H groups in total. The van der Waals surface area contributed by atoms with Crippen molar-refractivity contribution in [3.63, 3.8) is 0 Å². The Morgan fingerprint density at radius 2 is 2.30 bits per heavy atom. The van der Waals surface area contributed by atoms with E-state index in [-0.39, 0.29) is 12.4 Å². The Kier molecular flexibility index (Phi) is 5.51. The average molecular weight is 184 g/mol. The maximum absolute atomic E-state index is 5.92. The van der Waals surface area contributed by atoms with Crippen LogP contribution in [0.15, 0.2) is 0 Å². The van der Waals surface area contributed by atoms with Crippen molar-refractivity contribution in [3.8, 4) is 0 Å². The van der Waals surface area contributed by atoms with Crippen LogP contribution in [0.1, 0.15) is 19.8 Å². The van der Waals surface area contributed by atoms with Crippen LogP contribution in [0.5, 0.6) is 0 Å². The SMILES string of the molecule is CC(Cl)C1CCCNC1.Cl. The molecule has 1 heterocycles. The first-order valence-corrected chi connectivity index (χ1v) is 4.09. The molecule has 0 aromatic carbocycles. The Morgan fingerprint density at radius 1 is 1.60 bits per heavy atom. The monoisotopic (exact) mass is 183 g/mol. The van der Waals surface area contributed by atoms with Gasteiger partial charge >= 0.3 is 0 Å². The van der Waals surface area contributed by atoms with Crippen LogP contribution in [0.25, 0.3) is 0 Å². The zero-order valence-electron chi connectivity index (χ0n) is 6.27. The van der Waals surface area contributed by atoms with Gasteiger partial charge in [0.15, 0.2) is 0 Å². The lowest BCUT2D eigenvalue weighted by atomic mass is 9.97. The van der Waals surface area contributed by atoms with Gasteiger partial charge in [-0.3, -0.25) is 0 Å². The van der Waals surface area contributed by atoms with Crippen molar-refractivity contribution < 1.29 is 0 Å². The summed E-state index contributed by atoms with van der Waals surface area (Å²) in [6, 6.07) is 0. The van der Waals surface area contributed by atoms with Crippen LogP contribution >= 0.6 is 24.0 Å². The first kappa shape index (κ1) is 10.5. The van der Waals surface area contributed by atoms with Crippen LogP contribution < -0.4 is 5.32 Å². The van der Waals surface area contributed by atoms with Crippen molar-refractivity contribution in [2.24, 2.45) is 5.92 Å². The Balaban J connectivity index is 0.000000810. The molecule has 1 nitrogen and oxygen atoms in total. The largest absolute Gasteiger partial charge is 0.316 e. The Morgan fingerprint density at radius 3 is 2.60 bits per heavy atom. The van der Waals surface area contributed by atoms with E-state index in [0.717, 1.165) is 6.54 Å². The molecule has 0 saturated carbocycles. The number of hydrogen-bond acceptors (Lipinski definition) is 1. The highest BCUT2D eigenvalue weighted by Crippen LogP contribution is 2.17. The van der Waals surface area contributed by atoms with E-state index in [9.17, 15) is 0 Å². The molecule has 62 valence electrons. The summed E-state index contributed by atoms with van der Waals surface area (Å²) in [6.07, 6.45) is 2.60. The highest BCUT2D eigenvalue weighted by molar-refractivity contribution is 6.20. The molecule has 0 spiro atoms. The second-order valence-electron chi connectivity index (χ2n) is 2.78. The number of rotatable bonds is 1. The Bertz CT molecular complexity index is 79.7. The van der Waals surface area contributed by atoms with Crippen LogP contribution in [0.3, 0.4) is 0 Å². The van der Waals surface area contributed by atoms with E-state index in [4.69, 9.17) is 11.6 Å². The molecule has 0 aromatic rings. The predicted molar refractivity (Wildman–Crippen MR) is 48.2 cm³/mol. The standard InChI is InChI=1S/C7H14ClN.ClH/c1-6(8)7-3-2-4-9-5-7;/h6-7,9H,2-5H2,1H3;1H. The van der Waals surface area contributed by atoms with Gasteiger partial charge in [-0.05, 0) is 38.8 Å². The zero-order chi connectivity index (χ0) is 6.69. The van der Waals surface area contributed by atoms with Gasteiger partial charge in [0.05, 0.1) is 0 Å². The molecule has 10 heavy (non-hydrogen) atoms. The summed E-state index contributed by atoms with van der Waals surface area (Å²) >= 11 is 5.92. The molecule has 1 saturated heterocycles. The molecule has 0 radical (unpaired) electrons. The first-order valence-electron chi connectivity index (χ1n) is 3.65. The molecule has 1 fully saturated rings. The summed E-state index contributed by atoms with van der Waals surface area (Å²) < 4.78 is 0. The van der Waals surface area contributed by atoms with Gasteiger partial charge in [0, 0.05) is 5.38 Å². The molecule has 1 aliphatic heterocycles. The van der Waals surface area contributed by atoms with Crippen LogP contribution in [-0.4, -0.2) is 18.5 Å². The third kappa shape index (κ3) is 3.09. The summed E-state index contributed by atoms with van der Waals surface area (Å²) in [5, 5.41) is 3.68. The number of halogens is 2. The number of piperidine rings is 1. The van der Waals surface area contributed by atoms with Crippen LogP contribution in [0.2, 0.25) is 0 Å². The van der Waals surface area contributed by atoms with E-state index in [0.29, 0.717) is 11.3 Å². The van der Waals surface area contributed by atoms with E-state index in [2.05, 4.69) is 12.2 Å². The molecule has 0 amide bonds. The van der Waals surface area contributed by atoms with Crippen LogP contribution in [-0.2, 0) is 0 Å². The quantitative estimate of drug-likeness (QED) is 0.615. The molecule has 0 bridgehead atoms. The van der Waals surface area contributed by atoms with Gasteiger partial charge < -0.3 is 5.32 Å². The van der Waals surface area contributed by atoms with Crippen molar-refractivity contribution in [2.45, 2.75) is 25.1 Å². The highest BCUT2D eigenvalue weighted by atomic mass is 35.5. The maximum Gasteiger partial charge on any atom is 0.0348 e. The molecule has 1 rings (SSSR count). The van der Waals surface area contributed by atoms with Gasteiger partial charge in [-0.2, -0.15) is 0 Å². The molecular formula is C7H15Cl2N. The van der Waals surface area contributed by atoms with E-state index in [1.807, 2.05) is 0 Å². The van der Waals surface area contributed by atoms with Gasteiger partial charge in [0.25, 0.3) is 0 Å². The third-order valence-corrected chi connectivity index (χ3v) is 2.34. The summed E-state index contributed by atoms with van der Waals surface area (Å²) in [5.74, 6) is 0.709. The van der Waals surface area contributed by atoms with E-state index in [1.165, 1.54) is 19.4 Å². The number of nitrogens with one attached hydrogen (secondary N) is 1. The topological polar surface area (TPSA) is 12.0 Å². The second kappa shape index (κ2) is 5.22. The third-order valence-electron chi connectivity index (χ3n) is 1.98. The second-order valence-corrected chi connectivity index (χ2v) is 3.47. The lowest BCUT2D eigenvalue weighted by Crippen LogP contribution is -2.33. The molecular weight excluding hydrogens is 169 g/mol. The summed E-state index contributed by atoms with van der Waals surface area (Å²) in [4.78, 5) is 0. The normalized spacial score (nSPS) is 28.8. The smallest absolute Gasteiger partial charge is 0.0348 e.